The molecule has 20 heavy (non-hydrogen) atoms. The molecule has 2 aromatic rings. The van der Waals surface area contributed by atoms with Crippen LogP contribution in [0.15, 0.2) is 37.2 Å². The molecule has 3 rings (SSSR count). The van der Waals surface area contributed by atoms with Gasteiger partial charge in [-0.05, 0) is 19.3 Å². The Kier molecular flexibility index (Phi) is 3.49. The van der Waals surface area contributed by atoms with E-state index in [2.05, 4.69) is 37.5 Å². The molecule has 1 aliphatic rings. The average Bonchev–Trinajstić information content (AvgIpc) is 3.03. The zero-order valence-corrected chi connectivity index (χ0v) is 10.8. The van der Waals surface area contributed by atoms with Gasteiger partial charge in [0.2, 0.25) is 5.91 Å². The molecule has 0 bridgehead atoms. The van der Waals surface area contributed by atoms with Gasteiger partial charge in [0.25, 0.3) is 0 Å². The molecule has 0 saturated carbocycles. The maximum atomic E-state index is 12.1. The first-order chi connectivity index (χ1) is 9.83. The summed E-state index contributed by atoms with van der Waals surface area (Å²) in [5.41, 5.74) is 0. The first kappa shape index (κ1) is 12.5. The van der Waals surface area contributed by atoms with E-state index in [1.807, 2.05) is 0 Å². The molecular formula is C13H14N6O. The third-order valence-electron chi connectivity index (χ3n) is 3.20. The lowest BCUT2D eigenvalue weighted by Crippen LogP contribution is -2.24. The largest absolute Gasteiger partial charge is 0.310 e. The minimum absolute atomic E-state index is 0.00223. The maximum absolute atomic E-state index is 12.1. The number of nitrogens with zero attached hydrogens (tertiary/aromatic N) is 5. The third-order valence-corrected chi connectivity index (χ3v) is 3.20. The Morgan fingerprint density at radius 2 is 2.25 bits per heavy atom. The second-order valence-corrected chi connectivity index (χ2v) is 4.57. The molecule has 102 valence electrons. The standard InChI is InChI=1S/C13H14N6O/c20-13(10-4-2-1-3-5-10)18-11-6-12(16-8-15-11)19-9-14-7-17-19/h1-2,6-10H,3-5H2,(H,15,16,18,20). The van der Waals surface area contributed by atoms with Crippen LogP contribution in [0.1, 0.15) is 19.3 Å². The molecule has 0 aromatic carbocycles. The number of carbonyl (C=O) groups excluding carboxylic acids is 1. The van der Waals surface area contributed by atoms with E-state index in [0.29, 0.717) is 11.6 Å². The lowest BCUT2D eigenvalue weighted by atomic mass is 9.94. The summed E-state index contributed by atoms with van der Waals surface area (Å²) in [5, 5.41) is 6.82. The molecule has 1 unspecified atom stereocenters. The quantitative estimate of drug-likeness (QED) is 0.851. The molecule has 1 N–H and O–H groups in total. The minimum atomic E-state index is -0.00223. The van der Waals surface area contributed by atoms with Gasteiger partial charge in [0.05, 0.1) is 0 Å². The number of anilines is 1. The number of amides is 1. The van der Waals surface area contributed by atoms with Gasteiger partial charge < -0.3 is 5.32 Å². The van der Waals surface area contributed by atoms with Crippen molar-refractivity contribution < 1.29 is 4.79 Å². The lowest BCUT2D eigenvalue weighted by molar-refractivity contribution is -0.120. The van der Waals surface area contributed by atoms with Crippen LogP contribution in [0, 0.1) is 5.92 Å². The highest BCUT2D eigenvalue weighted by atomic mass is 16.1. The SMILES string of the molecule is O=C(Nc1cc(-n2cncn2)ncn1)C1CC=CCC1. The number of rotatable bonds is 3. The fraction of sp³-hybridized carbons (Fsp3) is 0.308. The Morgan fingerprint density at radius 1 is 1.30 bits per heavy atom. The lowest BCUT2D eigenvalue weighted by Gasteiger charge is -2.16. The average molecular weight is 270 g/mol. The van der Waals surface area contributed by atoms with Crippen molar-refractivity contribution in [2.45, 2.75) is 19.3 Å². The summed E-state index contributed by atoms with van der Waals surface area (Å²) in [6.45, 7) is 0. The fourth-order valence-electron chi connectivity index (χ4n) is 2.13. The first-order valence-corrected chi connectivity index (χ1v) is 6.46. The van der Waals surface area contributed by atoms with Gasteiger partial charge in [-0.25, -0.2) is 19.6 Å². The number of aromatic nitrogens is 5. The van der Waals surface area contributed by atoms with E-state index in [1.165, 1.54) is 17.3 Å². The van der Waals surface area contributed by atoms with Gasteiger partial charge in [-0.15, -0.1) is 0 Å². The van der Waals surface area contributed by atoms with Crippen LogP contribution in [0.2, 0.25) is 0 Å². The normalized spacial score (nSPS) is 17.9. The van der Waals surface area contributed by atoms with Crippen molar-refractivity contribution in [3.05, 3.63) is 37.2 Å². The molecule has 0 fully saturated rings. The predicted molar refractivity (Wildman–Crippen MR) is 72.1 cm³/mol. The van der Waals surface area contributed by atoms with Crippen LogP contribution in [-0.4, -0.2) is 30.6 Å². The molecule has 0 spiro atoms. The zero-order valence-electron chi connectivity index (χ0n) is 10.8. The molecule has 0 aliphatic heterocycles. The van der Waals surface area contributed by atoms with Gasteiger partial charge in [0.1, 0.15) is 24.8 Å². The number of hydrogen-bond acceptors (Lipinski definition) is 5. The Labute approximate surface area is 115 Å². The van der Waals surface area contributed by atoms with Crippen molar-refractivity contribution in [3.63, 3.8) is 0 Å². The van der Waals surface area contributed by atoms with E-state index in [9.17, 15) is 4.79 Å². The third kappa shape index (κ3) is 2.71. The highest BCUT2D eigenvalue weighted by Gasteiger charge is 2.19. The molecule has 7 heteroatoms. The zero-order chi connectivity index (χ0) is 13.8. The Hall–Kier alpha value is -2.57. The summed E-state index contributed by atoms with van der Waals surface area (Å²) >= 11 is 0. The van der Waals surface area contributed by atoms with Gasteiger partial charge in [-0.3, -0.25) is 4.79 Å². The summed E-state index contributed by atoms with van der Waals surface area (Å²) in [7, 11) is 0. The van der Waals surface area contributed by atoms with Crippen molar-refractivity contribution in [1.82, 2.24) is 24.7 Å². The van der Waals surface area contributed by atoms with Crippen LogP contribution >= 0.6 is 0 Å². The van der Waals surface area contributed by atoms with Crippen LogP contribution in [0.3, 0.4) is 0 Å². The van der Waals surface area contributed by atoms with E-state index in [-0.39, 0.29) is 11.8 Å². The Morgan fingerprint density at radius 3 is 3.00 bits per heavy atom. The molecule has 1 aliphatic carbocycles. The number of carbonyl (C=O) groups is 1. The van der Waals surface area contributed by atoms with Crippen LogP contribution in [0.25, 0.3) is 5.82 Å². The Balaban J connectivity index is 1.73. The van der Waals surface area contributed by atoms with Crippen LogP contribution in [0.5, 0.6) is 0 Å². The van der Waals surface area contributed by atoms with E-state index in [1.54, 1.807) is 12.4 Å². The second kappa shape index (κ2) is 5.60. The molecule has 2 heterocycles. The smallest absolute Gasteiger partial charge is 0.228 e. The molecule has 2 aromatic heterocycles. The van der Waals surface area contributed by atoms with E-state index in [0.717, 1.165) is 19.3 Å². The number of nitrogens with one attached hydrogen (secondary N) is 1. The van der Waals surface area contributed by atoms with Crippen LogP contribution in [0.4, 0.5) is 5.82 Å². The highest BCUT2D eigenvalue weighted by Crippen LogP contribution is 2.19. The summed E-state index contributed by atoms with van der Waals surface area (Å²) in [4.78, 5) is 24.1. The van der Waals surface area contributed by atoms with Crippen molar-refractivity contribution in [3.8, 4) is 5.82 Å². The molecular weight excluding hydrogens is 256 g/mol. The van der Waals surface area contributed by atoms with E-state index >= 15 is 0 Å². The predicted octanol–water partition coefficient (Wildman–Crippen LogP) is 1.35. The van der Waals surface area contributed by atoms with E-state index in [4.69, 9.17) is 0 Å². The second-order valence-electron chi connectivity index (χ2n) is 4.57. The van der Waals surface area contributed by atoms with Gasteiger partial charge in [-0.1, -0.05) is 12.2 Å². The van der Waals surface area contributed by atoms with Crippen LogP contribution in [-0.2, 0) is 4.79 Å². The first-order valence-electron chi connectivity index (χ1n) is 6.46. The maximum Gasteiger partial charge on any atom is 0.228 e. The van der Waals surface area contributed by atoms with Gasteiger partial charge >= 0.3 is 0 Å². The minimum Gasteiger partial charge on any atom is -0.310 e. The number of hydrogen-bond donors (Lipinski definition) is 1. The monoisotopic (exact) mass is 270 g/mol. The number of allylic oxidation sites excluding steroid dienone is 2. The van der Waals surface area contributed by atoms with Gasteiger partial charge in [-0.2, -0.15) is 5.10 Å². The van der Waals surface area contributed by atoms with Crippen molar-refractivity contribution in [2.24, 2.45) is 5.92 Å². The summed E-state index contributed by atoms with van der Waals surface area (Å²) < 4.78 is 1.51. The van der Waals surface area contributed by atoms with Crippen LogP contribution < -0.4 is 5.32 Å². The molecule has 7 nitrogen and oxygen atoms in total. The summed E-state index contributed by atoms with van der Waals surface area (Å²) in [5.74, 6) is 1.06. The van der Waals surface area contributed by atoms with Crippen molar-refractivity contribution >= 4 is 11.7 Å². The summed E-state index contributed by atoms with van der Waals surface area (Å²) in [6, 6.07) is 1.67. The molecule has 1 amide bonds. The molecule has 1 atom stereocenters. The van der Waals surface area contributed by atoms with Gasteiger partial charge in [0, 0.05) is 12.0 Å². The van der Waals surface area contributed by atoms with Crippen molar-refractivity contribution in [1.29, 1.82) is 0 Å². The van der Waals surface area contributed by atoms with E-state index < -0.39 is 0 Å². The van der Waals surface area contributed by atoms with Crippen molar-refractivity contribution in [2.75, 3.05) is 5.32 Å². The Bertz CT molecular complexity index is 622. The molecule has 0 saturated heterocycles. The van der Waals surface area contributed by atoms with Gasteiger partial charge in [0.15, 0.2) is 5.82 Å². The molecule has 0 radical (unpaired) electrons. The highest BCUT2D eigenvalue weighted by molar-refractivity contribution is 5.91. The fourth-order valence-corrected chi connectivity index (χ4v) is 2.13. The topological polar surface area (TPSA) is 85.6 Å². The summed E-state index contributed by atoms with van der Waals surface area (Å²) in [6.07, 6.45) is 11.1.